The van der Waals surface area contributed by atoms with Gasteiger partial charge >= 0.3 is 0 Å². The number of amides is 1. The van der Waals surface area contributed by atoms with Crippen LogP contribution in [0.4, 0.5) is 5.69 Å². The van der Waals surface area contributed by atoms with E-state index in [0.717, 1.165) is 18.5 Å². The van der Waals surface area contributed by atoms with Gasteiger partial charge in [-0.15, -0.1) is 0 Å². The van der Waals surface area contributed by atoms with Crippen LogP contribution in [-0.4, -0.2) is 23.0 Å². The van der Waals surface area contributed by atoms with Crippen molar-refractivity contribution in [1.29, 1.82) is 0 Å². The minimum Gasteiger partial charge on any atom is -0.381 e. The molecule has 5 N–H and O–H groups in total. The van der Waals surface area contributed by atoms with Crippen LogP contribution in [0.3, 0.4) is 0 Å². The summed E-state index contributed by atoms with van der Waals surface area (Å²) in [5.41, 5.74) is 12.5. The lowest BCUT2D eigenvalue weighted by atomic mass is 10.0. The molecule has 2 atom stereocenters. The largest absolute Gasteiger partial charge is 0.381 e. The van der Waals surface area contributed by atoms with Gasteiger partial charge in [0.1, 0.15) is 5.69 Å². The van der Waals surface area contributed by atoms with Gasteiger partial charge in [-0.25, -0.2) is 0 Å². The van der Waals surface area contributed by atoms with E-state index >= 15 is 0 Å². The van der Waals surface area contributed by atoms with Gasteiger partial charge in [0.05, 0.1) is 0 Å². The third-order valence-corrected chi connectivity index (χ3v) is 3.43. The topological polar surface area (TPSA) is 94.0 Å². The Morgan fingerprint density at radius 2 is 2.11 bits per heavy atom. The van der Waals surface area contributed by atoms with Gasteiger partial charge in [-0.1, -0.05) is 19.3 Å². The van der Waals surface area contributed by atoms with Crippen LogP contribution in [0.15, 0.2) is 18.3 Å². The fourth-order valence-electron chi connectivity index (χ4n) is 2.38. The smallest absolute Gasteiger partial charge is 0.267 e. The Bertz CT molecular complexity index is 421. The molecule has 1 aromatic rings. The number of pyridine rings is 1. The second-order valence-corrected chi connectivity index (χ2v) is 4.85. The number of nitrogens with one attached hydrogen (secondary N) is 1. The Morgan fingerprint density at radius 3 is 2.89 bits per heavy atom. The molecule has 0 aromatic carbocycles. The van der Waals surface area contributed by atoms with Gasteiger partial charge in [0.15, 0.2) is 0 Å². The van der Waals surface area contributed by atoms with Crippen molar-refractivity contribution in [2.24, 2.45) is 11.5 Å². The van der Waals surface area contributed by atoms with Crippen LogP contribution in [-0.2, 0) is 0 Å². The molecule has 98 valence electrons. The number of hydrogen-bond donors (Lipinski definition) is 3. The summed E-state index contributed by atoms with van der Waals surface area (Å²) in [4.78, 5) is 15.0. The molecular weight excluding hydrogens is 228 g/mol. The normalized spacial score (nSPS) is 24.3. The van der Waals surface area contributed by atoms with Crippen molar-refractivity contribution in [1.82, 2.24) is 4.98 Å². The highest BCUT2D eigenvalue weighted by Crippen LogP contribution is 2.20. The molecule has 1 aromatic heterocycles. The Kier molecular flexibility index (Phi) is 4.15. The molecule has 0 saturated heterocycles. The van der Waals surface area contributed by atoms with Gasteiger partial charge in [-0.05, 0) is 25.0 Å². The van der Waals surface area contributed by atoms with E-state index in [9.17, 15) is 4.79 Å². The molecule has 5 nitrogen and oxygen atoms in total. The summed E-state index contributed by atoms with van der Waals surface area (Å²) in [6, 6.07) is 3.94. The van der Waals surface area contributed by atoms with Crippen molar-refractivity contribution in [2.45, 2.75) is 44.2 Å². The van der Waals surface area contributed by atoms with Crippen LogP contribution in [0, 0.1) is 0 Å². The number of aromatic nitrogens is 1. The molecule has 1 saturated carbocycles. The fraction of sp³-hybridized carbons (Fsp3) is 0.538. The number of hydrogen-bond acceptors (Lipinski definition) is 4. The average Bonchev–Trinajstić information content (AvgIpc) is 2.55. The van der Waals surface area contributed by atoms with Crippen LogP contribution in [0.1, 0.15) is 42.6 Å². The first-order chi connectivity index (χ1) is 8.66. The summed E-state index contributed by atoms with van der Waals surface area (Å²) in [6.07, 6.45) is 7.33. The second kappa shape index (κ2) is 5.82. The van der Waals surface area contributed by atoms with Crippen LogP contribution in [0.2, 0.25) is 0 Å². The van der Waals surface area contributed by atoms with E-state index in [0.29, 0.717) is 0 Å². The van der Waals surface area contributed by atoms with Gasteiger partial charge < -0.3 is 16.8 Å². The molecule has 1 heterocycles. The highest BCUT2D eigenvalue weighted by Gasteiger charge is 2.20. The minimum absolute atomic E-state index is 0.165. The SMILES string of the molecule is NC(=O)c1cc(NC2CCCCCC2N)ccn1. The van der Waals surface area contributed by atoms with Crippen LogP contribution >= 0.6 is 0 Å². The molecule has 0 aliphatic heterocycles. The van der Waals surface area contributed by atoms with E-state index < -0.39 is 5.91 Å². The molecule has 1 aliphatic carbocycles. The van der Waals surface area contributed by atoms with Crippen molar-refractivity contribution >= 4 is 11.6 Å². The molecule has 0 bridgehead atoms. The summed E-state index contributed by atoms with van der Waals surface area (Å²) in [5.74, 6) is -0.510. The lowest BCUT2D eigenvalue weighted by Crippen LogP contribution is -2.39. The van der Waals surface area contributed by atoms with Crippen molar-refractivity contribution in [3.05, 3.63) is 24.0 Å². The monoisotopic (exact) mass is 248 g/mol. The van der Waals surface area contributed by atoms with Crippen LogP contribution in [0.5, 0.6) is 0 Å². The molecule has 2 rings (SSSR count). The Morgan fingerprint density at radius 1 is 1.33 bits per heavy atom. The van der Waals surface area contributed by atoms with E-state index in [1.165, 1.54) is 19.3 Å². The first kappa shape index (κ1) is 12.8. The highest BCUT2D eigenvalue weighted by atomic mass is 16.1. The molecule has 0 radical (unpaired) electrons. The number of nitrogens with zero attached hydrogens (tertiary/aromatic N) is 1. The fourth-order valence-corrected chi connectivity index (χ4v) is 2.38. The summed E-state index contributed by atoms with van der Waals surface area (Å²) in [7, 11) is 0. The molecule has 18 heavy (non-hydrogen) atoms. The molecule has 5 heteroatoms. The predicted octanol–water partition coefficient (Wildman–Crippen LogP) is 1.25. The zero-order valence-corrected chi connectivity index (χ0v) is 10.4. The average molecular weight is 248 g/mol. The number of rotatable bonds is 3. The zero-order valence-electron chi connectivity index (χ0n) is 10.4. The second-order valence-electron chi connectivity index (χ2n) is 4.85. The van der Waals surface area contributed by atoms with Gasteiger partial charge in [-0.3, -0.25) is 9.78 Å². The number of nitrogens with two attached hydrogens (primary N) is 2. The van der Waals surface area contributed by atoms with Crippen molar-refractivity contribution in [3.8, 4) is 0 Å². The maximum Gasteiger partial charge on any atom is 0.267 e. The summed E-state index contributed by atoms with van der Waals surface area (Å²) in [5, 5.41) is 3.39. The van der Waals surface area contributed by atoms with Gasteiger partial charge in [0, 0.05) is 24.0 Å². The lowest BCUT2D eigenvalue weighted by Gasteiger charge is -2.23. The summed E-state index contributed by atoms with van der Waals surface area (Å²) >= 11 is 0. The Hall–Kier alpha value is -1.62. The van der Waals surface area contributed by atoms with Gasteiger partial charge in [0.2, 0.25) is 0 Å². The zero-order chi connectivity index (χ0) is 13.0. The van der Waals surface area contributed by atoms with E-state index in [-0.39, 0.29) is 17.8 Å². The van der Waals surface area contributed by atoms with Crippen LogP contribution in [0.25, 0.3) is 0 Å². The van der Waals surface area contributed by atoms with Crippen molar-refractivity contribution in [2.75, 3.05) is 5.32 Å². The first-order valence-corrected chi connectivity index (χ1v) is 6.45. The minimum atomic E-state index is -0.510. The Labute approximate surface area is 107 Å². The van der Waals surface area contributed by atoms with Crippen molar-refractivity contribution in [3.63, 3.8) is 0 Å². The molecule has 1 amide bonds. The lowest BCUT2D eigenvalue weighted by molar-refractivity contribution is 0.0995. The molecule has 1 fully saturated rings. The van der Waals surface area contributed by atoms with E-state index in [1.807, 2.05) is 6.07 Å². The first-order valence-electron chi connectivity index (χ1n) is 6.45. The highest BCUT2D eigenvalue weighted by molar-refractivity contribution is 5.91. The van der Waals surface area contributed by atoms with Gasteiger partial charge in [0.25, 0.3) is 5.91 Å². The maximum absolute atomic E-state index is 11.1. The third kappa shape index (κ3) is 3.20. The molecule has 0 spiro atoms. The van der Waals surface area contributed by atoms with Gasteiger partial charge in [-0.2, -0.15) is 0 Å². The third-order valence-electron chi connectivity index (χ3n) is 3.43. The summed E-state index contributed by atoms with van der Waals surface area (Å²) < 4.78 is 0. The number of anilines is 1. The number of carbonyl (C=O) groups is 1. The molecule has 1 aliphatic rings. The van der Waals surface area contributed by atoms with E-state index in [1.54, 1.807) is 12.3 Å². The number of carbonyl (C=O) groups excluding carboxylic acids is 1. The summed E-state index contributed by atoms with van der Waals surface area (Å²) in [6.45, 7) is 0. The number of primary amides is 1. The quantitative estimate of drug-likeness (QED) is 0.702. The van der Waals surface area contributed by atoms with Crippen LogP contribution < -0.4 is 16.8 Å². The maximum atomic E-state index is 11.1. The molecular formula is C13H20N4O. The predicted molar refractivity (Wildman–Crippen MR) is 71.2 cm³/mol. The van der Waals surface area contributed by atoms with E-state index in [4.69, 9.17) is 11.5 Å². The van der Waals surface area contributed by atoms with E-state index in [2.05, 4.69) is 10.3 Å². The standard InChI is InChI=1S/C13H20N4O/c14-10-4-2-1-3-5-11(10)17-9-6-7-16-12(8-9)13(15)18/h6-8,10-11H,1-5,14H2,(H2,15,18)(H,16,17). The van der Waals surface area contributed by atoms with Crippen molar-refractivity contribution < 1.29 is 4.79 Å². The molecule has 2 unspecified atom stereocenters. The Balaban J connectivity index is 2.07.